The third kappa shape index (κ3) is 3.01. The van der Waals surface area contributed by atoms with Crippen LogP contribution in [0.4, 0.5) is 0 Å². The van der Waals surface area contributed by atoms with Crippen LogP contribution in [-0.4, -0.2) is 29.4 Å². The largest absolute Gasteiger partial charge is 0.294 e. The summed E-state index contributed by atoms with van der Waals surface area (Å²) in [5.41, 5.74) is 4.20. The van der Waals surface area contributed by atoms with Gasteiger partial charge in [-0.15, -0.1) is 10.2 Å². The Morgan fingerprint density at radius 1 is 1.00 bits per heavy atom. The number of hydrogen-bond acceptors (Lipinski definition) is 5. The van der Waals surface area contributed by atoms with E-state index >= 15 is 0 Å². The highest BCUT2D eigenvalue weighted by atomic mass is 16.1. The van der Waals surface area contributed by atoms with E-state index in [1.54, 1.807) is 15.4 Å². The van der Waals surface area contributed by atoms with Crippen molar-refractivity contribution in [3.05, 3.63) is 52.7 Å². The van der Waals surface area contributed by atoms with Gasteiger partial charge >= 0.3 is 0 Å². The molecule has 4 aromatic rings. The number of nitrogens with zero attached hydrogens (tertiary/aromatic N) is 6. The van der Waals surface area contributed by atoms with Crippen LogP contribution in [0.1, 0.15) is 57.2 Å². The third-order valence-electron chi connectivity index (χ3n) is 5.95. The van der Waals surface area contributed by atoms with Gasteiger partial charge in [-0.25, -0.2) is 4.98 Å². The SMILES string of the molecule is CCc1nn2c(nnc3c(=O)n(C4CCCCCC4)cnc32)c1-c1ccccc1. The summed E-state index contributed by atoms with van der Waals surface area (Å²) in [6.07, 6.45) is 9.25. The number of aryl methyl sites for hydroxylation is 1. The Balaban J connectivity index is 1.71. The maximum absolute atomic E-state index is 13.2. The van der Waals surface area contributed by atoms with Crippen molar-refractivity contribution >= 4 is 16.8 Å². The molecule has 1 aromatic carbocycles. The molecule has 1 aliphatic carbocycles. The van der Waals surface area contributed by atoms with E-state index in [9.17, 15) is 4.79 Å². The van der Waals surface area contributed by atoms with Crippen LogP contribution >= 0.6 is 0 Å². The van der Waals surface area contributed by atoms with Gasteiger partial charge in [0.05, 0.1) is 11.3 Å². The zero-order valence-electron chi connectivity index (χ0n) is 16.6. The summed E-state index contributed by atoms with van der Waals surface area (Å²) in [5, 5.41) is 13.5. The first kappa shape index (κ1) is 18.0. The van der Waals surface area contributed by atoms with Crippen molar-refractivity contribution in [1.82, 2.24) is 29.4 Å². The Labute approximate surface area is 168 Å². The highest BCUT2D eigenvalue weighted by Gasteiger charge is 2.21. The molecule has 0 saturated heterocycles. The van der Waals surface area contributed by atoms with Crippen molar-refractivity contribution in [2.45, 2.75) is 57.9 Å². The second-order valence-corrected chi connectivity index (χ2v) is 7.75. The quantitative estimate of drug-likeness (QED) is 0.497. The molecule has 1 aliphatic rings. The fourth-order valence-corrected chi connectivity index (χ4v) is 4.43. The lowest BCUT2D eigenvalue weighted by atomic mass is 10.0. The highest BCUT2D eigenvalue weighted by molar-refractivity contribution is 5.83. The average Bonchev–Trinajstić information content (AvgIpc) is 2.93. The van der Waals surface area contributed by atoms with Crippen molar-refractivity contribution in [2.75, 3.05) is 0 Å². The predicted octanol–water partition coefficient (Wildman–Crippen LogP) is 3.96. The van der Waals surface area contributed by atoms with E-state index in [1.807, 2.05) is 30.3 Å². The monoisotopic (exact) mass is 388 g/mol. The molecule has 0 unspecified atom stereocenters. The van der Waals surface area contributed by atoms with Gasteiger partial charge in [-0.1, -0.05) is 62.9 Å². The van der Waals surface area contributed by atoms with Crippen LogP contribution in [0.3, 0.4) is 0 Å². The topological polar surface area (TPSA) is 78.0 Å². The van der Waals surface area contributed by atoms with Crippen LogP contribution in [-0.2, 0) is 6.42 Å². The molecule has 7 nitrogen and oxygen atoms in total. The third-order valence-corrected chi connectivity index (χ3v) is 5.95. The van der Waals surface area contributed by atoms with E-state index in [4.69, 9.17) is 5.10 Å². The van der Waals surface area contributed by atoms with Crippen LogP contribution in [0.5, 0.6) is 0 Å². The maximum Gasteiger partial charge on any atom is 0.283 e. The Bertz CT molecular complexity index is 1220. The van der Waals surface area contributed by atoms with Crippen LogP contribution in [0.2, 0.25) is 0 Å². The van der Waals surface area contributed by atoms with E-state index in [0.29, 0.717) is 11.3 Å². The summed E-state index contributed by atoms with van der Waals surface area (Å²) in [6, 6.07) is 10.3. The lowest BCUT2D eigenvalue weighted by Gasteiger charge is -2.17. The summed E-state index contributed by atoms with van der Waals surface area (Å²) in [6.45, 7) is 2.07. The Morgan fingerprint density at radius 2 is 1.76 bits per heavy atom. The molecule has 0 spiro atoms. The van der Waals surface area contributed by atoms with E-state index in [0.717, 1.165) is 48.9 Å². The zero-order chi connectivity index (χ0) is 19.8. The molecule has 1 fully saturated rings. The van der Waals surface area contributed by atoms with Gasteiger partial charge in [0.1, 0.15) is 6.33 Å². The molecule has 5 rings (SSSR count). The van der Waals surface area contributed by atoms with Crippen LogP contribution in [0.25, 0.3) is 27.9 Å². The maximum atomic E-state index is 13.2. The number of fused-ring (bicyclic) bond motifs is 3. The van der Waals surface area contributed by atoms with Gasteiger partial charge in [0.15, 0.2) is 16.8 Å². The molecular formula is C22H24N6O. The first-order chi connectivity index (χ1) is 14.3. The lowest BCUT2D eigenvalue weighted by Crippen LogP contribution is -2.26. The van der Waals surface area contributed by atoms with Gasteiger partial charge in [-0.2, -0.15) is 9.61 Å². The molecule has 3 aromatic heterocycles. The summed E-state index contributed by atoms with van der Waals surface area (Å²) in [4.78, 5) is 17.8. The molecule has 3 heterocycles. The smallest absolute Gasteiger partial charge is 0.283 e. The molecular weight excluding hydrogens is 364 g/mol. The minimum atomic E-state index is -0.119. The second-order valence-electron chi connectivity index (χ2n) is 7.75. The second kappa shape index (κ2) is 7.39. The fourth-order valence-electron chi connectivity index (χ4n) is 4.43. The number of benzene rings is 1. The van der Waals surface area contributed by atoms with Crippen molar-refractivity contribution in [3.63, 3.8) is 0 Å². The molecule has 0 bridgehead atoms. The molecule has 0 amide bonds. The molecule has 0 aliphatic heterocycles. The molecule has 0 N–H and O–H groups in total. The van der Waals surface area contributed by atoms with Gasteiger partial charge in [0, 0.05) is 6.04 Å². The molecule has 29 heavy (non-hydrogen) atoms. The van der Waals surface area contributed by atoms with Crippen molar-refractivity contribution < 1.29 is 0 Å². The number of rotatable bonds is 3. The summed E-state index contributed by atoms with van der Waals surface area (Å²) >= 11 is 0. The van der Waals surface area contributed by atoms with E-state index in [1.165, 1.54) is 12.8 Å². The van der Waals surface area contributed by atoms with Gasteiger partial charge in [0.25, 0.3) is 5.56 Å². The van der Waals surface area contributed by atoms with Gasteiger partial charge in [-0.3, -0.25) is 9.36 Å². The van der Waals surface area contributed by atoms with Crippen LogP contribution in [0, 0.1) is 0 Å². The molecule has 7 heteroatoms. The van der Waals surface area contributed by atoms with Gasteiger partial charge in [0.2, 0.25) is 0 Å². The van der Waals surface area contributed by atoms with Crippen LogP contribution in [0.15, 0.2) is 41.5 Å². The van der Waals surface area contributed by atoms with Gasteiger partial charge < -0.3 is 0 Å². The molecule has 148 valence electrons. The predicted molar refractivity (Wildman–Crippen MR) is 112 cm³/mol. The standard InChI is InChI=1S/C22H24N6O/c1-2-17-18(15-10-6-5-7-11-15)20-25-24-19-21(28(20)26-17)23-14-27(22(19)29)16-12-8-3-4-9-13-16/h5-7,10-11,14,16H,2-4,8-9,12-13H2,1H3. The first-order valence-electron chi connectivity index (χ1n) is 10.5. The Kier molecular flexibility index (Phi) is 4.58. The van der Waals surface area contributed by atoms with E-state index < -0.39 is 0 Å². The minimum Gasteiger partial charge on any atom is -0.294 e. The summed E-state index contributed by atoms with van der Waals surface area (Å²) in [5.74, 6) is 0. The van der Waals surface area contributed by atoms with Gasteiger partial charge in [-0.05, 0) is 24.8 Å². The number of hydrogen-bond donors (Lipinski definition) is 0. The molecule has 0 atom stereocenters. The summed E-state index contributed by atoms with van der Waals surface area (Å²) < 4.78 is 3.44. The van der Waals surface area contributed by atoms with Crippen molar-refractivity contribution in [2.24, 2.45) is 0 Å². The Morgan fingerprint density at radius 3 is 2.48 bits per heavy atom. The molecule has 1 saturated carbocycles. The van der Waals surface area contributed by atoms with E-state index in [2.05, 4.69) is 22.1 Å². The fraction of sp³-hybridized carbons (Fsp3) is 0.409. The zero-order valence-corrected chi connectivity index (χ0v) is 16.6. The first-order valence-corrected chi connectivity index (χ1v) is 10.5. The van der Waals surface area contributed by atoms with Crippen LogP contribution < -0.4 is 5.56 Å². The normalized spacial score (nSPS) is 15.8. The number of aromatic nitrogens is 6. The van der Waals surface area contributed by atoms with Crippen molar-refractivity contribution in [1.29, 1.82) is 0 Å². The highest BCUT2D eigenvalue weighted by Crippen LogP contribution is 2.29. The summed E-state index contributed by atoms with van der Waals surface area (Å²) in [7, 11) is 0. The lowest BCUT2D eigenvalue weighted by molar-refractivity contribution is 0.429. The Hall–Kier alpha value is -3.09. The average molecular weight is 388 g/mol. The molecule has 0 radical (unpaired) electrons. The minimum absolute atomic E-state index is 0.119. The van der Waals surface area contributed by atoms with Crippen molar-refractivity contribution in [3.8, 4) is 11.1 Å². The van der Waals surface area contributed by atoms with E-state index in [-0.39, 0.29) is 17.1 Å².